The number of carbonyl (C=O) groups excluding carboxylic acids is 1. The van der Waals surface area contributed by atoms with Crippen molar-refractivity contribution >= 4 is 15.9 Å². The van der Waals surface area contributed by atoms with Crippen LogP contribution < -0.4 is 5.32 Å². The third-order valence-electron chi connectivity index (χ3n) is 3.98. The Morgan fingerprint density at radius 3 is 2.43 bits per heavy atom. The molecular weight excluding hydrogens is 382 g/mol. The third-order valence-corrected chi connectivity index (χ3v) is 5.81. The van der Waals surface area contributed by atoms with Gasteiger partial charge in [0.05, 0.1) is 16.6 Å². The molecule has 10 heteroatoms. The average Bonchev–Trinajstić information content (AvgIpc) is 3.19. The van der Waals surface area contributed by atoms with Crippen molar-refractivity contribution in [1.82, 2.24) is 24.8 Å². The number of benzene rings is 1. The van der Waals surface area contributed by atoms with Crippen molar-refractivity contribution in [2.75, 3.05) is 14.1 Å². The van der Waals surface area contributed by atoms with E-state index in [4.69, 9.17) is 4.42 Å². The van der Waals surface area contributed by atoms with Crippen LogP contribution in [0.4, 0.5) is 0 Å². The number of amides is 1. The van der Waals surface area contributed by atoms with Crippen molar-refractivity contribution in [1.29, 1.82) is 0 Å². The van der Waals surface area contributed by atoms with Crippen LogP contribution >= 0.6 is 0 Å². The molecule has 1 aromatic carbocycles. The Bertz CT molecular complexity index is 1060. The van der Waals surface area contributed by atoms with Gasteiger partial charge < -0.3 is 9.73 Å². The smallest absolute Gasteiger partial charge is 0.309 e. The zero-order chi connectivity index (χ0) is 20.3. The van der Waals surface area contributed by atoms with Crippen molar-refractivity contribution in [3.8, 4) is 11.5 Å². The Morgan fingerprint density at radius 1 is 1.11 bits per heavy atom. The number of hydrogen-bond acceptors (Lipinski definition) is 7. The van der Waals surface area contributed by atoms with Crippen molar-refractivity contribution in [2.45, 2.75) is 17.9 Å². The van der Waals surface area contributed by atoms with Crippen LogP contribution in [0.2, 0.25) is 0 Å². The van der Waals surface area contributed by atoms with Gasteiger partial charge in [0.15, 0.2) is 0 Å². The molecule has 0 unspecified atom stereocenters. The molecule has 1 amide bonds. The molecule has 0 fully saturated rings. The normalized spacial score (nSPS) is 12.7. The summed E-state index contributed by atoms with van der Waals surface area (Å²) in [5.74, 6) is -0.601. The molecule has 0 bridgehead atoms. The van der Waals surface area contributed by atoms with Gasteiger partial charge in [-0.2, -0.15) is 0 Å². The predicted molar refractivity (Wildman–Crippen MR) is 101 cm³/mol. The molecule has 0 radical (unpaired) electrons. The molecule has 3 rings (SSSR count). The lowest BCUT2D eigenvalue weighted by atomic mass is 10.2. The fourth-order valence-corrected chi connectivity index (χ4v) is 3.28. The third kappa shape index (κ3) is 4.07. The van der Waals surface area contributed by atoms with E-state index in [0.717, 1.165) is 4.31 Å². The number of carbonyl (C=O) groups is 1. The molecule has 146 valence electrons. The molecule has 9 nitrogen and oxygen atoms in total. The van der Waals surface area contributed by atoms with E-state index in [1.807, 2.05) is 6.07 Å². The number of sulfonamides is 1. The van der Waals surface area contributed by atoms with E-state index in [9.17, 15) is 13.2 Å². The molecule has 1 N–H and O–H groups in total. The van der Waals surface area contributed by atoms with Gasteiger partial charge in [0, 0.05) is 25.9 Å². The van der Waals surface area contributed by atoms with Gasteiger partial charge in [-0.25, -0.2) is 12.7 Å². The van der Waals surface area contributed by atoms with Gasteiger partial charge >= 0.3 is 11.8 Å². The first-order chi connectivity index (χ1) is 13.3. The molecule has 2 aromatic heterocycles. The highest BCUT2D eigenvalue weighted by molar-refractivity contribution is 7.89. The maximum atomic E-state index is 12.3. The summed E-state index contributed by atoms with van der Waals surface area (Å²) < 4.78 is 30.8. The fourth-order valence-electron chi connectivity index (χ4n) is 2.38. The summed E-state index contributed by atoms with van der Waals surface area (Å²) in [6.45, 7) is 1.79. The zero-order valence-electron chi connectivity index (χ0n) is 15.5. The van der Waals surface area contributed by atoms with Crippen molar-refractivity contribution in [3.05, 3.63) is 60.2 Å². The molecule has 0 aliphatic rings. The minimum absolute atomic E-state index is 0.115. The molecule has 0 aliphatic carbocycles. The standard InChI is InChI=1S/C18H19N5O4S/c1-12(15-6-4-5-11-19-15)20-16(24)18-22-21-17(27-18)13-7-9-14(10-8-13)28(25,26)23(2)3/h4-12H,1-3H3,(H,20,24)/t12-/m1/s1. The van der Waals surface area contributed by atoms with Gasteiger partial charge in [-0.15, -0.1) is 10.2 Å². The number of aromatic nitrogens is 3. The van der Waals surface area contributed by atoms with E-state index in [2.05, 4.69) is 20.5 Å². The lowest BCUT2D eigenvalue weighted by molar-refractivity contribution is 0.0904. The SMILES string of the molecule is C[C@@H](NC(=O)c1nnc(-c2ccc(S(=O)(=O)N(C)C)cc2)o1)c1ccccn1. The number of nitrogens with zero attached hydrogens (tertiary/aromatic N) is 4. The van der Waals surface area contributed by atoms with Gasteiger partial charge in [-0.1, -0.05) is 6.07 Å². The topological polar surface area (TPSA) is 118 Å². The Morgan fingerprint density at radius 2 is 1.82 bits per heavy atom. The molecule has 28 heavy (non-hydrogen) atoms. The van der Waals surface area contributed by atoms with Crippen molar-refractivity contribution in [2.24, 2.45) is 0 Å². The molecule has 0 spiro atoms. The highest BCUT2D eigenvalue weighted by Gasteiger charge is 2.20. The lowest BCUT2D eigenvalue weighted by Crippen LogP contribution is -2.27. The molecule has 0 saturated carbocycles. The van der Waals surface area contributed by atoms with Crippen LogP contribution in [0.25, 0.3) is 11.5 Å². The van der Waals surface area contributed by atoms with E-state index in [0.29, 0.717) is 11.3 Å². The molecular formula is C18H19N5O4S. The van der Waals surface area contributed by atoms with E-state index >= 15 is 0 Å². The summed E-state index contributed by atoms with van der Waals surface area (Å²) >= 11 is 0. The van der Waals surface area contributed by atoms with Crippen LogP contribution in [0.5, 0.6) is 0 Å². The molecule has 0 saturated heterocycles. The highest BCUT2D eigenvalue weighted by atomic mass is 32.2. The largest absolute Gasteiger partial charge is 0.412 e. The molecule has 1 atom stereocenters. The molecule has 3 aromatic rings. The van der Waals surface area contributed by atoms with Crippen molar-refractivity contribution < 1.29 is 17.6 Å². The van der Waals surface area contributed by atoms with Crippen LogP contribution in [0, 0.1) is 0 Å². The van der Waals surface area contributed by atoms with Crippen LogP contribution in [0.15, 0.2) is 58.0 Å². The number of hydrogen-bond donors (Lipinski definition) is 1. The summed E-state index contributed by atoms with van der Waals surface area (Å²) in [5, 5.41) is 10.4. The molecule has 0 aliphatic heterocycles. The first-order valence-electron chi connectivity index (χ1n) is 8.37. The second kappa shape index (κ2) is 7.87. The Labute approximate surface area is 162 Å². The van der Waals surface area contributed by atoms with E-state index in [1.165, 1.54) is 26.2 Å². The minimum atomic E-state index is -3.53. The lowest BCUT2D eigenvalue weighted by Gasteiger charge is -2.11. The Hall–Kier alpha value is -3.11. The quantitative estimate of drug-likeness (QED) is 0.670. The van der Waals surface area contributed by atoms with Crippen LogP contribution in [0.1, 0.15) is 29.3 Å². The van der Waals surface area contributed by atoms with Crippen LogP contribution in [-0.4, -0.2) is 47.9 Å². The monoisotopic (exact) mass is 401 g/mol. The van der Waals surface area contributed by atoms with Gasteiger partial charge in [0.1, 0.15) is 0 Å². The summed E-state index contributed by atoms with van der Waals surface area (Å²) in [5.41, 5.74) is 1.20. The molecule has 2 heterocycles. The second-order valence-electron chi connectivity index (χ2n) is 6.17. The Kier molecular flexibility index (Phi) is 5.52. The minimum Gasteiger partial charge on any atom is -0.412 e. The maximum Gasteiger partial charge on any atom is 0.309 e. The van der Waals surface area contributed by atoms with E-state index in [1.54, 1.807) is 37.4 Å². The van der Waals surface area contributed by atoms with Gasteiger partial charge in [-0.3, -0.25) is 9.78 Å². The Balaban J connectivity index is 1.74. The van der Waals surface area contributed by atoms with E-state index < -0.39 is 15.9 Å². The summed E-state index contributed by atoms with van der Waals surface area (Å²) in [4.78, 5) is 16.6. The second-order valence-corrected chi connectivity index (χ2v) is 8.33. The zero-order valence-corrected chi connectivity index (χ0v) is 16.3. The van der Waals surface area contributed by atoms with Crippen LogP contribution in [0.3, 0.4) is 0 Å². The highest BCUT2D eigenvalue weighted by Crippen LogP contribution is 2.21. The first kappa shape index (κ1) is 19.6. The summed E-state index contributed by atoms with van der Waals surface area (Å²) in [6, 6.07) is 11.1. The van der Waals surface area contributed by atoms with Gasteiger partial charge in [-0.05, 0) is 43.3 Å². The number of rotatable bonds is 6. The fraction of sp³-hybridized carbons (Fsp3) is 0.222. The predicted octanol–water partition coefficient (Wildman–Crippen LogP) is 1.87. The summed E-state index contributed by atoms with van der Waals surface area (Å²) in [7, 11) is -0.614. The summed E-state index contributed by atoms with van der Waals surface area (Å²) in [6.07, 6.45) is 1.64. The van der Waals surface area contributed by atoms with Gasteiger partial charge in [0.2, 0.25) is 15.9 Å². The van der Waals surface area contributed by atoms with Crippen LogP contribution in [-0.2, 0) is 10.0 Å². The van der Waals surface area contributed by atoms with Gasteiger partial charge in [0.25, 0.3) is 0 Å². The van der Waals surface area contributed by atoms with Crippen molar-refractivity contribution in [3.63, 3.8) is 0 Å². The number of pyridine rings is 1. The number of nitrogens with one attached hydrogen (secondary N) is 1. The average molecular weight is 401 g/mol. The maximum absolute atomic E-state index is 12.3. The van der Waals surface area contributed by atoms with E-state index in [-0.39, 0.29) is 22.7 Å². The first-order valence-corrected chi connectivity index (χ1v) is 9.81.